The van der Waals surface area contributed by atoms with Crippen molar-refractivity contribution in [3.8, 4) is 10.6 Å². The van der Waals surface area contributed by atoms with Gasteiger partial charge in [-0.15, -0.1) is 11.3 Å². The van der Waals surface area contributed by atoms with E-state index in [2.05, 4.69) is 4.98 Å². The third-order valence-electron chi connectivity index (χ3n) is 1.52. The second-order valence-corrected chi connectivity index (χ2v) is 3.46. The van der Waals surface area contributed by atoms with Crippen LogP contribution in [0.1, 0.15) is 4.88 Å². The minimum atomic E-state index is 0.551. The largest absolute Gasteiger partial charge is 0.472 e. The molecule has 4 heteroatoms. The Bertz CT molecular complexity index is 353. The number of rotatable bonds is 2. The number of nitrogens with zero attached hydrogens (tertiary/aromatic N) is 1. The van der Waals surface area contributed by atoms with Gasteiger partial charge in [-0.2, -0.15) is 0 Å². The summed E-state index contributed by atoms with van der Waals surface area (Å²) in [4.78, 5) is 5.30. The van der Waals surface area contributed by atoms with Crippen LogP contribution in [0.2, 0.25) is 0 Å². The van der Waals surface area contributed by atoms with Gasteiger partial charge in [-0.05, 0) is 6.07 Å². The highest BCUT2D eigenvalue weighted by Crippen LogP contribution is 2.24. The third kappa shape index (κ3) is 1.26. The van der Waals surface area contributed by atoms with Crippen LogP contribution in [0.25, 0.3) is 10.6 Å². The zero-order valence-corrected chi connectivity index (χ0v) is 7.17. The summed E-state index contributed by atoms with van der Waals surface area (Å²) in [7, 11) is 0. The van der Waals surface area contributed by atoms with E-state index < -0.39 is 0 Å². The molecule has 2 aromatic heterocycles. The van der Waals surface area contributed by atoms with Gasteiger partial charge in [-0.3, -0.25) is 0 Å². The Morgan fingerprint density at radius 2 is 2.50 bits per heavy atom. The fourth-order valence-electron chi connectivity index (χ4n) is 0.921. The van der Waals surface area contributed by atoms with Gasteiger partial charge in [0.15, 0.2) is 0 Å². The second kappa shape index (κ2) is 3.08. The average molecular weight is 180 g/mol. The van der Waals surface area contributed by atoms with Crippen LogP contribution in [0.3, 0.4) is 0 Å². The highest BCUT2D eigenvalue weighted by Gasteiger charge is 2.03. The Morgan fingerprint density at radius 1 is 1.58 bits per heavy atom. The quantitative estimate of drug-likeness (QED) is 0.767. The molecule has 0 saturated carbocycles. The minimum Gasteiger partial charge on any atom is -0.472 e. The molecule has 0 aliphatic rings. The van der Waals surface area contributed by atoms with Crippen LogP contribution in [-0.4, -0.2) is 4.98 Å². The summed E-state index contributed by atoms with van der Waals surface area (Å²) in [5.41, 5.74) is 6.48. The van der Waals surface area contributed by atoms with Crippen LogP contribution in [0.4, 0.5) is 0 Å². The standard InChI is InChI=1S/C8H8N2OS/c9-3-7-4-10-8(12-7)6-1-2-11-5-6/h1-2,4-5H,3,9H2. The van der Waals surface area contributed by atoms with Crippen molar-refractivity contribution in [2.45, 2.75) is 6.54 Å². The topological polar surface area (TPSA) is 52.0 Å². The van der Waals surface area contributed by atoms with Gasteiger partial charge < -0.3 is 10.2 Å². The van der Waals surface area contributed by atoms with Gasteiger partial charge in [-0.1, -0.05) is 0 Å². The summed E-state index contributed by atoms with van der Waals surface area (Å²) in [5, 5.41) is 0.962. The number of hydrogen-bond acceptors (Lipinski definition) is 4. The first-order valence-electron chi connectivity index (χ1n) is 3.57. The smallest absolute Gasteiger partial charge is 0.126 e. The normalized spacial score (nSPS) is 10.4. The van der Waals surface area contributed by atoms with E-state index in [-0.39, 0.29) is 0 Å². The molecule has 0 radical (unpaired) electrons. The van der Waals surface area contributed by atoms with Crippen molar-refractivity contribution < 1.29 is 4.42 Å². The molecule has 2 N–H and O–H groups in total. The molecule has 2 heterocycles. The van der Waals surface area contributed by atoms with Crippen LogP contribution in [0, 0.1) is 0 Å². The van der Waals surface area contributed by atoms with Crippen molar-refractivity contribution in [2.24, 2.45) is 5.73 Å². The maximum absolute atomic E-state index is 5.46. The number of nitrogens with two attached hydrogens (primary N) is 1. The van der Waals surface area contributed by atoms with E-state index in [1.807, 2.05) is 6.07 Å². The summed E-state index contributed by atoms with van der Waals surface area (Å²) in [5.74, 6) is 0. The molecular weight excluding hydrogens is 172 g/mol. The molecule has 0 saturated heterocycles. The fraction of sp³-hybridized carbons (Fsp3) is 0.125. The molecule has 0 aliphatic heterocycles. The van der Waals surface area contributed by atoms with E-state index in [4.69, 9.17) is 10.2 Å². The lowest BCUT2D eigenvalue weighted by molar-refractivity contribution is 0.568. The minimum absolute atomic E-state index is 0.551. The van der Waals surface area contributed by atoms with Gasteiger partial charge in [0.2, 0.25) is 0 Å². The number of aromatic nitrogens is 1. The monoisotopic (exact) mass is 180 g/mol. The van der Waals surface area contributed by atoms with Crippen molar-refractivity contribution in [1.82, 2.24) is 4.98 Å². The van der Waals surface area contributed by atoms with E-state index in [0.29, 0.717) is 6.54 Å². The van der Waals surface area contributed by atoms with E-state index in [1.54, 1.807) is 30.1 Å². The maximum atomic E-state index is 5.46. The first kappa shape index (κ1) is 7.52. The van der Waals surface area contributed by atoms with Gasteiger partial charge in [-0.25, -0.2) is 4.98 Å². The molecule has 3 nitrogen and oxygen atoms in total. The predicted octanol–water partition coefficient (Wildman–Crippen LogP) is 1.86. The van der Waals surface area contributed by atoms with Crippen molar-refractivity contribution >= 4 is 11.3 Å². The SMILES string of the molecule is NCc1cnc(-c2ccoc2)s1. The first-order chi connectivity index (χ1) is 5.90. The summed E-state index contributed by atoms with van der Waals surface area (Å²) in [6.45, 7) is 0.551. The summed E-state index contributed by atoms with van der Waals surface area (Å²) in [6.07, 6.45) is 5.12. The molecule has 2 rings (SSSR count). The zero-order valence-electron chi connectivity index (χ0n) is 6.36. The molecule has 0 atom stereocenters. The third-order valence-corrected chi connectivity index (χ3v) is 2.59. The molecule has 0 spiro atoms. The van der Waals surface area contributed by atoms with Gasteiger partial charge in [0.05, 0.1) is 6.26 Å². The van der Waals surface area contributed by atoms with Gasteiger partial charge in [0, 0.05) is 23.2 Å². The molecule has 0 unspecified atom stereocenters. The van der Waals surface area contributed by atoms with E-state index in [0.717, 1.165) is 15.4 Å². The summed E-state index contributed by atoms with van der Waals surface area (Å²) < 4.78 is 4.95. The first-order valence-corrected chi connectivity index (χ1v) is 4.39. The Labute approximate surface area is 73.8 Å². The predicted molar refractivity (Wildman–Crippen MR) is 47.7 cm³/mol. The Hall–Kier alpha value is -1.13. The second-order valence-electron chi connectivity index (χ2n) is 2.35. The Morgan fingerprint density at radius 3 is 3.08 bits per heavy atom. The number of hydrogen-bond donors (Lipinski definition) is 1. The molecule has 0 aliphatic carbocycles. The maximum Gasteiger partial charge on any atom is 0.126 e. The van der Waals surface area contributed by atoms with E-state index >= 15 is 0 Å². The summed E-state index contributed by atoms with van der Waals surface area (Å²) in [6, 6.07) is 1.89. The molecule has 2 aromatic rings. The van der Waals surface area contributed by atoms with Gasteiger partial charge in [0.25, 0.3) is 0 Å². The Kier molecular flexibility index (Phi) is 1.93. The van der Waals surface area contributed by atoms with Crippen molar-refractivity contribution in [3.63, 3.8) is 0 Å². The number of thiazole rings is 1. The molecule has 0 amide bonds. The molecular formula is C8H8N2OS. The fourth-order valence-corrected chi connectivity index (χ4v) is 1.70. The van der Waals surface area contributed by atoms with Crippen LogP contribution in [0.15, 0.2) is 29.2 Å². The van der Waals surface area contributed by atoms with Crippen LogP contribution < -0.4 is 5.73 Å². The van der Waals surface area contributed by atoms with Crippen molar-refractivity contribution in [1.29, 1.82) is 0 Å². The molecule has 62 valence electrons. The molecule has 0 aromatic carbocycles. The van der Waals surface area contributed by atoms with Crippen LogP contribution >= 0.6 is 11.3 Å². The lowest BCUT2D eigenvalue weighted by Gasteiger charge is -1.84. The summed E-state index contributed by atoms with van der Waals surface area (Å²) >= 11 is 1.59. The highest BCUT2D eigenvalue weighted by molar-refractivity contribution is 7.15. The van der Waals surface area contributed by atoms with Crippen molar-refractivity contribution in [2.75, 3.05) is 0 Å². The number of furan rings is 1. The molecule has 0 bridgehead atoms. The van der Waals surface area contributed by atoms with Crippen LogP contribution in [0.5, 0.6) is 0 Å². The van der Waals surface area contributed by atoms with Crippen LogP contribution in [-0.2, 0) is 6.54 Å². The highest BCUT2D eigenvalue weighted by atomic mass is 32.1. The van der Waals surface area contributed by atoms with Crippen molar-refractivity contribution in [3.05, 3.63) is 29.7 Å². The van der Waals surface area contributed by atoms with Gasteiger partial charge in [0.1, 0.15) is 11.3 Å². The molecule has 12 heavy (non-hydrogen) atoms. The Balaban J connectivity index is 2.35. The zero-order chi connectivity index (χ0) is 8.39. The lowest BCUT2D eigenvalue weighted by Crippen LogP contribution is -1.91. The van der Waals surface area contributed by atoms with E-state index in [1.165, 1.54) is 0 Å². The van der Waals surface area contributed by atoms with Gasteiger partial charge >= 0.3 is 0 Å². The van der Waals surface area contributed by atoms with E-state index in [9.17, 15) is 0 Å². The molecule has 0 fully saturated rings. The average Bonchev–Trinajstić information content (AvgIpc) is 2.75. The lowest BCUT2D eigenvalue weighted by atomic mass is 10.4.